The van der Waals surface area contributed by atoms with E-state index < -0.39 is 35.7 Å². The van der Waals surface area contributed by atoms with E-state index in [1.54, 1.807) is 17.6 Å². The molecule has 0 unspecified atom stereocenters. The minimum Gasteiger partial charge on any atom is -0.475 e. The SMILES string of the molecule is O=C(CC1(NC(=O)c2ccc(OCc3ccccc3)nc2)CCNCC1)NO.O=C(O)C(F)(F)F.O=C(O)C(F)(F)F. The van der Waals surface area contributed by atoms with Crippen LogP contribution in [0.3, 0.4) is 0 Å². The number of aromatic nitrogens is 1. The Kier molecular flexibility index (Phi) is 13.6. The lowest BCUT2D eigenvalue weighted by Crippen LogP contribution is -2.56. The minimum absolute atomic E-state index is 0.0165. The number of nitrogens with one attached hydrogen (secondary N) is 3. The van der Waals surface area contributed by atoms with Gasteiger partial charge in [-0.05, 0) is 37.6 Å². The Bertz CT molecular complexity index is 1150. The highest BCUT2D eigenvalue weighted by Crippen LogP contribution is 2.23. The largest absolute Gasteiger partial charge is 0.490 e. The van der Waals surface area contributed by atoms with Gasteiger partial charge in [0.25, 0.3) is 5.91 Å². The number of benzene rings is 1. The van der Waals surface area contributed by atoms with Gasteiger partial charge in [0.1, 0.15) is 6.61 Å². The van der Waals surface area contributed by atoms with Crippen molar-refractivity contribution < 1.29 is 65.7 Å². The van der Waals surface area contributed by atoms with Crippen LogP contribution in [0.15, 0.2) is 48.7 Å². The highest BCUT2D eigenvalue weighted by Gasteiger charge is 2.39. The molecule has 2 amide bonds. The zero-order valence-corrected chi connectivity index (χ0v) is 21.5. The Morgan fingerprint density at radius 1 is 0.905 bits per heavy atom. The Labute approximate surface area is 233 Å². The summed E-state index contributed by atoms with van der Waals surface area (Å²) < 4.78 is 69.1. The number of carbonyl (C=O) groups excluding carboxylic acids is 2. The number of ether oxygens (including phenoxy) is 1. The van der Waals surface area contributed by atoms with Crippen molar-refractivity contribution in [1.29, 1.82) is 0 Å². The van der Waals surface area contributed by atoms with Crippen molar-refractivity contribution in [2.24, 2.45) is 0 Å². The zero-order chi connectivity index (χ0) is 32.0. The fourth-order valence-corrected chi connectivity index (χ4v) is 3.24. The van der Waals surface area contributed by atoms with Crippen LogP contribution in [-0.4, -0.2) is 75.1 Å². The number of rotatable bonds is 7. The van der Waals surface area contributed by atoms with Crippen LogP contribution in [0.4, 0.5) is 26.3 Å². The molecule has 232 valence electrons. The maximum atomic E-state index is 12.7. The maximum Gasteiger partial charge on any atom is 0.490 e. The van der Waals surface area contributed by atoms with E-state index >= 15 is 0 Å². The third kappa shape index (κ3) is 13.3. The molecule has 1 aromatic heterocycles. The summed E-state index contributed by atoms with van der Waals surface area (Å²) in [6.45, 7) is 1.76. The summed E-state index contributed by atoms with van der Waals surface area (Å²) in [5, 5.41) is 29.3. The average Bonchev–Trinajstić information content (AvgIpc) is 2.92. The van der Waals surface area contributed by atoms with Crippen LogP contribution in [0.1, 0.15) is 35.2 Å². The van der Waals surface area contributed by atoms with Crippen molar-refractivity contribution in [3.05, 3.63) is 59.8 Å². The molecule has 0 aliphatic carbocycles. The van der Waals surface area contributed by atoms with Crippen molar-refractivity contribution >= 4 is 23.8 Å². The van der Waals surface area contributed by atoms with Crippen molar-refractivity contribution in [3.8, 4) is 5.88 Å². The first-order valence-electron chi connectivity index (χ1n) is 11.7. The molecule has 1 fully saturated rings. The van der Waals surface area contributed by atoms with Gasteiger partial charge in [0.15, 0.2) is 0 Å². The van der Waals surface area contributed by atoms with Gasteiger partial charge < -0.3 is 25.6 Å². The summed E-state index contributed by atoms with van der Waals surface area (Å²) in [6.07, 6.45) is -7.51. The Hall–Kier alpha value is -4.45. The molecule has 0 spiro atoms. The summed E-state index contributed by atoms with van der Waals surface area (Å²) in [5.41, 5.74) is 2.36. The van der Waals surface area contributed by atoms with Crippen LogP contribution < -0.4 is 20.9 Å². The first kappa shape index (κ1) is 35.6. The number of hydroxylamine groups is 1. The lowest BCUT2D eigenvalue weighted by Gasteiger charge is -2.37. The Morgan fingerprint density at radius 3 is 1.86 bits per heavy atom. The average molecular weight is 612 g/mol. The van der Waals surface area contributed by atoms with Gasteiger partial charge in [-0.2, -0.15) is 26.3 Å². The second kappa shape index (κ2) is 16.1. The molecule has 6 N–H and O–H groups in total. The van der Waals surface area contributed by atoms with Gasteiger partial charge >= 0.3 is 24.3 Å². The van der Waals surface area contributed by atoms with E-state index in [0.29, 0.717) is 44.0 Å². The molecule has 12 nitrogen and oxygen atoms in total. The third-order valence-corrected chi connectivity index (χ3v) is 5.28. The topological polar surface area (TPSA) is 187 Å². The normalized spacial score (nSPS) is 14.1. The Morgan fingerprint density at radius 2 is 1.43 bits per heavy atom. The number of hydrogen-bond donors (Lipinski definition) is 6. The monoisotopic (exact) mass is 612 g/mol. The van der Waals surface area contributed by atoms with Gasteiger partial charge in [0, 0.05) is 12.3 Å². The first-order valence-corrected chi connectivity index (χ1v) is 11.7. The molecule has 3 rings (SSSR count). The highest BCUT2D eigenvalue weighted by molar-refractivity contribution is 5.95. The summed E-state index contributed by atoms with van der Waals surface area (Å²) in [7, 11) is 0. The van der Waals surface area contributed by atoms with Crippen LogP contribution in [0, 0.1) is 0 Å². The van der Waals surface area contributed by atoms with Gasteiger partial charge in [-0.25, -0.2) is 20.1 Å². The van der Waals surface area contributed by atoms with Crippen molar-refractivity contribution in [2.45, 2.75) is 43.8 Å². The number of amides is 2. The molecule has 0 atom stereocenters. The van der Waals surface area contributed by atoms with Gasteiger partial charge in [-0.3, -0.25) is 14.8 Å². The lowest BCUT2D eigenvalue weighted by molar-refractivity contribution is -0.193. The minimum atomic E-state index is -5.08. The molecule has 2 aromatic rings. The van der Waals surface area contributed by atoms with Gasteiger partial charge in [0.2, 0.25) is 11.8 Å². The number of hydrogen-bond acceptors (Lipinski definition) is 8. The number of piperidine rings is 1. The van der Waals surface area contributed by atoms with Crippen molar-refractivity contribution in [2.75, 3.05) is 13.1 Å². The predicted octanol–water partition coefficient (Wildman–Crippen LogP) is 2.67. The number of nitrogens with zero attached hydrogens (tertiary/aromatic N) is 1. The van der Waals surface area contributed by atoms with Crippen LogP contribution >= 0.6 is 0 Å². The molecule has 18 heteroatoms. The second-order valence-electron chi connectivity index (χ2n) is 8.46. The molecule has 0 radical (unpaired) electrons. The molecule has 1 aliphatic heterocycles. The molecule has 2 heterocycles. The predicted molar refractivity (Wildman–Crippen MR) is 129 cm³/mol. The summed E-state index contributed by atoms with van der Waals surface area (Å²) in [6, 6.07) is 13.0. The Balaban J connectivity index is 0.000000522. The second-order valence-corrected chi connectivity index (χ2v) is 8.46. The smallest absolute Gasteiger partial charge is 0.475 e. The number of alkyl halides is 6. The molecular weight excluding hydrogens is 586 g/mol. The fraction of sp³-hybridized carbons (Fsp3) is 0.375. The maximum absolute atomic E-state index is 12.7. The third-order valence-electron chi connectivity index (χ3n) is 5.28. The molecule has 1 aromatic carbocycles. The quantitative estimate of drug-likeness (QED) is 0.154. The fourth-order valence-electron chi connectivity index (χ4n) is 3.24. The van der Waals surface area contributed by atoms with E-state index in [-0.39, 0.29) is 12.3 Å². The van der Waals surface area contributed by atoms with E-state index in [1.807, 2.05) is 30.3 Å². The van der Waals surface area contributed by atoms with Crippen molar-refractivity contribution in [3.63, 3.8) is 0 Å². The zero-order valence-electron chi connectivity index (χ0n) is 21.5. The van der Waals surface area contributed by atoms with Crippen LogP contribution in [0.5, 0.6) is 5.88 Å². The van der Waals surface area contributed by atoms with E-state index in [2.05, 4.69) is 15.6 Å². The lowest BCUT2D eigenvalue weighted by atomic mass is 9.84. The van der Waals surface area contributed by atoms with Crippen LogP contribution in [-0.2, 0) is 21.0 Å². The van der Waals surface area contributed by atoms with E-state index in [0.717, 1.165) is 5.56 Å². The number of carboxylic acids is 2. The summed E-state index contributed by atoms with van der Waals surface area (Å²) >= 11 is 0. The van der Waals surface area contributed by atoms with Crippen LogP contribution in [0.25, 0.3) is 0 Å². The molecule has 1 saturated heterocycles. The number of pyridine rings is 1. The summed E-state index contributed by atoms with van der Waals surface area (Å²) in [5.74, 6) is -5.92. The standard InChI is InChI=1S/C20H24N4O4.2C2HF3O2/c25-17(24-27)12-20(8-10-21-11-9-20)23-19(26)16-6-7-18(22-13-16)28-14-15-4-2-1-3-5-15;2*3-2(4,5)1(6)7/h1-7,13,21,27H,8-12,14H2,(H,23,26)(H,24,25);2*(H,6,7). The molecule has 1 aliphatic rings. The molecular formula is C24H26F6N4O8. The van der Waals surface area contributed by atoms with Gasteiger partial charge in [-0.15, -0.1) is 0 Å². The number of aliphatic carboxylic acids is 2. The number of carboxylic acid groups (broad SMARTS) is 2. The van der Waals surface area contributed by atoms with Crippen LogP contribution in [0.2, 0.25) is 0 Å². The van der Waals surface area contributed by atoms with E-state index in [1.165, 1.54) is 6.20 Å². The first-order chi connectivity index (χ1) is 19.5. The van der Waals surface area contributed by atoms with Gasteiger partial charge in [0.05, 0.1) is 17.5 Å². The van der Waals surface area contributed by atoms with Gasteiger partial charge in [-0.1, -0.05) is 30.3 Å². The molecule has 0 bridgehead atoms. The van der Waals surface area contributed by atoms with Crippen molar-refractivity contribution in [1.82, 2.24) is 21.1 Å². The van der Waals surface area contributed by atoms with E-state index in [4.69, 9.17) is 29.7 Å². The number of carbonyl (C=O) groups is 4. The summed E-state index contributed by atoms with van der Waals surface area (Å²) in [4.78, 5) is 46.3. The molecule has 42 heavy (non-hydrogen) atoms. The number of halogens is 6. The molecule has 0 saturated carbocycles. The highest BCUT2D eigenvalue weighted by atomic mass is 19.4. The van der Waals surface area contributed by atoms with E-state index in [9.17, 15) is 35.9 Å².